The summed E-state index contributed by atoms with van der Waals surface area (Å²) in [6, 6.07) is 15.5. The van der Waals surface area contributed by atoms with Crippen LogP contribution in [-0.2, 0) is 6.42 Å². The summed E-state index contributed by atoms with van der Waals surface area (Å²) < 4.78 is 0. The highest BCUT2D eigenvalue weighted by Crippen LogP contribution is 2.14. The molecule has 1 amide bonds. The quantitative estimate of drug-likeness (QED) is 0.764. The molecule has 4 heteroatoms. The van der Waals surface area contributed by atoms with Crippen LogP contribution in [0.3, 0.4) is 0 Å². The summed E-state index contributed by atoms with van der Waals surface area (Å²) in [4.78, 5) is 19.3. The second kappa shape index (κ2) is 5.17. The number of carbonyl (C=O) groups excluding carboxylic acids is 1. The number of fused-ring (bicyclic) bond motifs is 1. The number of H-pyrrole nitrogens is 1. The number of rotatable bonds is 3. The molecule has 1 heterocycles. The first-order valence-electron chi connectivity index (χ1n) is 6.51. The first-order chi connectivity index (χ1) is 9.76. The van der Waals surface area contributed by atoms with Crippen molar-refractivity contribution in [1.29, 1.82) is 0 Å². The average Bonchev–Trinajstić information content (AvgIpc) is 2.89. The number of nitrogens with one attached hydrogen (secondary N) is 2. The Morgan fingerprint density at radius 3 is 2.60 bits per heavy atom. The molecular weight excluding hydrogens is 250 g/mol. The molecule has 0 bridgehead atoms. The van der Waals surface area contributed by atoms with Crippen LogP contribution in [0.2, 0.25) is 0 Å². The fraction of sp³-hybridized carbons (Fsp3) is 0.125. The molecule has 20 heavy (non-hydrogen) atoms. The van der Waals surface area contributed by atoms with E-state index in [1.54, 1.807) is 7.05 Å². The number of amides is 1. The normalized spacial score (nSPS) is 10.7. The zero-order chi connectivity index (χ0) is 13.9. The molecule has 0 aliphatic heterocycles. The van der Waals surface area contributed by atoms with Crippen LogP contribution in [0.25, 0.3) is 11.0 Å². The van der Waals surface area contributed by atoms with Gasteiger partial charge in [0.05, 0.1) is 11.0 Å². The van der Waals surface area contributed by atoms with Crippen molar-refractivity contribution in [2.45, 2.75) is 6.42 Å². The average molecular weight is 265 g/mol. The molecule has 2 aromatic carbocycles. The lowest BCUT2D eigenvalue weighted by Crippen LogP contribution is -2.17. The molecule has 0 radical (unpaired) electrons. The molecule has 3 rings (SSSR count). The third-order valence-electron chi connectivity index (χ3n) is 3.25. The van der Waals surface area contributed by atoms with Crippen LogP contribution in [0.4, 0.5) is 0 Å². The SMILES string of the molecule is CNC(=O)c1ccc(Cc2nc3ccccc3[nH]2)cc1. The lowest BCUT2D eigenvalue weighted by atomic mass is 10.1. The molecule has 0 fully saturated rings. The van der Waals surface area contributed by atoms with E-state index >= 15 is 0 Å². The summed E-state index contributed by atoms with van der Waals surface area (Å²) in [7, 11) is 1.63. The minimum absolute atomic E-state index is 0.0692. The van der Waals surface area contributed by atoms with E-state index in [1.165, 1.54) is 0 Å². The van der Waals surface area contributed by atoms with Crippen LogP contribution < -0.4 is 5.32 Å². The maximum Gasteiger partial charge on any atom is 0.251 e. The van der Waals surface area contributed by atoms with E-state index in [0.29, 0.717) is 5.56 Å². The van der Waals surface area contributed by atoms with Gasteiger partial charge in [-0.15, -0.1) is 0 Å². The maximum atomic E-state index is 11.5. The smallest absolute Gasteiger partial charge is 0.251 e. The predicted molar refractivity (Wildman–Crippen MR) is 78.7 cm³/mol. The number of imidazole rings is 1. The molecule has 0 atom stereocenters. The third kappa shape index (κ3) is 2.40. The van der Waals surface area contributed by atoms with E-state index in [2.05, 4.69) is 15.3 Å². The topological polar surface area (TPSA) is 57.8 Å². The molecule has 100 valence electrons. The highest BCUT2D eigenvalue weighted by atomic mass is 16.1. The van der Waals surface area contributed by atoms with Gasteiger partial charge in [-0.3, -0.25) is 4.79 Å². The summed E-state index contributed by atoms with van der Waals surface area (Å²) >= 11 is 0. The molecule has 0 saturated heterocycles. The van der Waals surface area contributed by atoms with Gasteiger partial charge in [0, 0.05) is 19.0 Å². The van der Waals surface area contributed by atoms with Crippen molar-refractivity contribution in [2.75, 3.05) is 7.05 Å². The second-order valence-electron chi connectivity index (χ2n) is 4.65. The molecule has 0 unspecified atom stereocenters. The van der Waals surface area contributed by atoms with Crippen molar-refractivity contribution in [1.82, 2.24) is 15.3 Å². The molecule has 0 aliphatic rings. The van der Waals surface area contributed by atoms with Crippen LogP contribution in [0.15, 0.2) is 48.5 Å². The van der Waals surface area contributed by atoms with Crippen LogP contribution in [-0.4, -0.2) is 22.9 Å². The summed E-state index contributed by atoms with van der Waals surface area (Å²) in [6.45, 7) is 0. The van der Waals surface area contributed by atoms with E-state index in [1.807, 2.05) is 48.5 Å². The van der Waals surface area contributed by atoms with Gasteiger partial charge >= 0.3 is 0 Å². The number of para-hydroxylation sites is 2. The standard InChI is InChI=1S/C16H15N3O/c1-17-16(20)12-8-6-11(7-9-12)10-15-18-13-4-2-3-5-14(13)19-15/h2-9H,10H2,1H3,(H,17,20)(H,18,19). The van der Waals surface area contributed by atoms with Crippen molar-refractivity contribution in [2.24, 2.45) is 0 Å². The highest BCUT2D eigenvalue weighted by molar-refractivity contribution is 5.93. The van der Waals surface area contributed by atoms with Crippen molar-refractivity contribution < 1.29 is 4.79 Å². The fourth-order valence-electron chi connectivity index (χ4n) is 2.20. The van der Waals surface area contributed by atoms with Crippen LogP contribution in [0, 0.1) is 0 Å². The van der Waals surface area contributed by atoms with Gasteiger partial charge in [-0.2, -0.15) is 0 Å². The third-order valence-corrected chi connectivity index (χ3v) is 3.25. The zero-order valence-corrected chi connectivity index (χ0v) is 11.2. The highest BCUT2D eigenvalue weighted by Gasteiger charge is 2.05. The van der Waals surface area contributed by atoms with E-state index in [0.717, 1.165) is 28.8 Å². The number of aromatic amines is 1. The molecule has 4 nitrogen and oxygen atoms in total. The van der Waals surface area contributed by atoms with Gasteiger partial charge in [-0.1, -0.05) is 24.3 Å². The Morgan fingerprint density at radius 1 is 1.15 bits per heavy atom. The Bertz CT molecular complexity index is 711. The van der Waals surface area contributed by atoms with Gasteiger partial charge in [0.15, 0.2) is 0 Å². The first-order valence-corrected chi connectivity index (χ1v) is 6.51. The lowest BCUT2D eigenvalue weighted by molar-refractivity contribution is 0.0963. The number of carbonyl (C=O) groups is 1. The van der Waals surface area contributed by atoms with E-state index in [9.17, 15) is 4.79 Å². The van der Waals surface area contributed by atoms with Crippen LogP contribution in [0.5, 0.6) is 0 Å². The summed E-state index contributed by atoms with van der Waals surface area (Å²) in [5, 5.41) is 2.61. The molecule has 1 aromatic heterocycles. The predicted octanol–water partition coefficient (Wildman–Crippen LogP) is 2.51. The molecule has 0 spiro atoms. The van der Waals surface area contributed by atoms with Gasteiger partial charge in [0.25, 0.3) is 5.91 Å². The molecule has 2 N–H and O–H groups in total. The minimum Gasteiger partial charge on any atom is -0.355 e. The van der Waals surface area contributed by atoms with Crippen molar-refractivity contribution in [3.63, 3.8) is 0 Å². The van der Waals surface area contributed by atoms with E-state index in [4.69, 9.17) is 0 Å². The summed E-state index contributed by atoms with van der Waals surface area (Å²) in [6.07, 6.45) is 0.725. The maximum absolute atomic E-state index is 11.5. The lowest BCUT2D eigenvalue weighted by Gasteiger charge is -2.02. The van der Waals surface area contributed by atoms with E-state index < -0.39 is 0 Å². The monoisotopic (exact) mass is 265 g/mol. The molecule has 0 saturated carbocycles. The van der Waals surface area contributed by atoms with Gasteiger partial charge < -0.3 is 10.3 Å². The first kappa shape index (κ1) is 12.4. The van der Waals surface area contributed by atoms with Gasteiger partial charge in [0.1, 0.15) is 5.82 Å². The Morgan fingerprint density at radius 2 is 1.90 bits per heavy atom. The molecule has 0 aliphatic carbocycles. The minimum atomic E-state index is -0.0692. The second-order valence-corrected chi connectivity index (χ2v) is 4.65. The Labute approximate surface area is 116 Å². The number of hydrogen-bond acceptors (Lipinski definition) is 2. The van der Waals surface area contributed by atoms with Gasteiger partial charge in [0.2, 0.25) is 0 Å². The van der Waals surface area contributed by atoms with Crippen molar-refractivity contribution in [3.8, 4) is 0 Å². The Hall–Kier alpha value is -2.62. The van der Waals surface area contributed by atoms with Crippen LogP contribution >= 0.6 is 0 Å². The summed E-state index contributed by atoms with van der Waals surface area (Å²) in [5.41, 5.74) is 3.81. The van der Waals surface area contributed by atoms with Gasteiger partial charge in [-0.05, 0) is 29.8 Å². The van der Waals surface area contributed by atoms with Crippen LogP contribution in [0.1, 0.15) is 21.7 Å². The zero-order valence-electron chi connectivity index (χ0n) is 11.2. The van der Waals surface area contributed by atoms with Crippen molar-refractivity contribution >= 4 is 16.9 Å². The van der Waals surface area contributed by atoms with Crippen molar-refractivity contribution in [3.05, 3.63) is 65.5 Å². The Kier molecular flexibility index (Phi) is 3.21. The van der Waals surface area contributed by atoms with E-state index in [-0.39, 0.29) is 5.91 Å². The largest absolute Gasteiger partial charge is 0.355 e. The molecule has 3 aromatic rings. The molecular formula is C16H15N3O. The Balaban J connectivity index is 1.82. The van der Waals surface area contributed by atoms with Gasteiger partial charge in [-0.25, -0.2) is 4.98 Å². The number of hydrogen-bond donors (Lipinski definition) is 2. The fourth-order valence-corrected chi connectivity index (χ4v) is 2.20. The number of aromatic nitrogens is 2. The number of benzene rings is 2. The number of nitrogens with zero attached hydrogens (tertiary/aromatic N) is 1. The summed E-state index contributed by atoms with van der Waals surface area (Å²) in [5.74, 6) is 0.860.